The van der Waals surface area contributed by atoms with Gasteiger partial charge in [-0.2, -0.15) is 0 Å². The van der Waals surface area contributed by atoms with Crippen LogP contribution in [0.1, 0.15) is 94.2 Å². The number of hydrogen-bond donors (Lipinski definition) is 4. The molecular formula is C34H48N4O8. The lowest BCUT2D eigenvalue weighted by Gasteiger charge is -2.22. The largest absolute Gasteiger partial charge is 0.444 e. The van der Waals surface area contributed by atoms with Crippen molar-refractivity contribution < 1.29 is 38.1 Å². The van der Waals surface area contributed by atoms with Gasteiger partial charge in [0.25, 0.3) is 0 Å². The summed E-state index contributed by atoms with van der Waals surface area (Å²) in [5, 5.41) is 10.7. The molecule has 2 rings (SSSR count). The predicted octanol–water partition coefficient (Wildman–Crippen LogP) is 9.25. The number of ether oxygens (including phenoxy) is 4. The van der Waals surface area contributed by atoms with Crippen LogP contribution in [0, 0.1) is 0 Å². The van der Waals surface area contributed by atoms with Gasteiger partial charge in [0, 0.05) is 0 Å². The molecule has 12 nitrogen and oxygen atoms in total. The maximum Gasteiger partial charge on any atom is 0.412 e. The zero-order valence-corrected chi connectivity index (χ0v) is 28.9. The molecule has 0 saturated heterocycles. The summed E-state index contributed by atoms with van der Waals surface area (Å²) >= 11 is 0. The lowest BCUT2D eigenvalue weighted by molar-refractivity contribution is 0.0621. The average molecular weight is 641 g/mol. The minimum Gasteiger partial charge on any atom is -0.444 e. The number of carbonyl (C=O) groups excluding carboxylic acids is 4. The second kappa shape index (κ2) is 14.6. The highest BCUT2D eigenvalue weighted by Crippen LogP contribution is 2.29. The van der Waals surface area contributed by atoms with Crippen LogP contribution in [-0.4, -0.2) is 46.8 Å². The smallest absolute Gasteiger partial charge is 0.412 e. The fourth-order valence-electron chi connectivity index (χ4n) is 3.60. The van der Waals surface area contributed by atoms with Crippen LogP contribution in [-0.2, 0) is 18.9 Å². The fraction of sp³-hybridized carbons (Fsp3) is 0.471. The third kappa shape index (κ3) is 14.8. The number of rotatable bonds is 6. The van der Waals surface area contributed by atoms with Gasteiger partial charge in [-0.05, 0) is 118 Å². The Bertz CT molecular complexity index is 1350. The molecule has 0 aliphatic rings. The van der Waals surface area contributed by atoms with E-state index in [1.807, 2.05) is 0 Å². The van der Waals surface area contributed by atoms with Crippen LogP contribution >= 0.6 is 0 Å². The van der Waals surface area contributed by atoms with Gasteiger partial charge in [-0.25, -0.2) is 19.2 Å². The lowest BCUT2D eigenvalue weighted by Crippen LogP contribution is -2.29. The van der Waals surface area contributed by atoms with Gasteiger partial charge in [0.15, 0.2) is 0 Å². The van der Waals surface area contributed by atoms with E-state index < -0.39 is 46.8 Å². The first-order valence-electron chi connectivity index (χ1n) is 14.8. The number of nitrogens with one attached hydrogen (secondary N) is 4. The Hall–Kier alpha value is -4.74. The summed E-state index contributed by atoms with van der Waals surface area (Å²) in [5.41, 5.74) is -0.417. The molecule has 0 aliphatic carbocycles. The molecule has 0 aliphatic heterocycles. The summed E-state index contributed by atoms with van der Waals surface area (Å²) < 4.78 is 21.5. The molecule has 2 aromatic carbocycles. The van der Waals surface area contributed by atoms with Gasteiger partial charge in [-0.15, -0.1) is 0 Å². The molecule has 0 fully saturated rings. The first-order valence-corrected chi connectivity index (χ1v) is 14.8. The SMILES string of the molecule is CC(C)(C)OC(=O)Nc1ccc(C=Cc2ccc(NC(=O)OC(C)(C)C)c(NC(=O)OC(C)(C)C)c2)cc1NC(=O)OC(C)(C)C. The van der Waals surface area contributed by atoms with Crippen molar-refractivity contribution in [2.45, 2.75) is 105 Å². The Morgan fingerprint density at radius 3 is 0.913 bits per heavy atom. The number of carbonyl (C=O) groups is 4. The van der Waals surface area contributed by atoms with Crippen LogP contribution in [0.4, 0.5) is 41.9 Å². The molecule has 4 N–H and O–H groups in total. The van der Waals surface area contributed by atoms with Gasteiger partial charge in [0.1, 0.15) is 22.4 Å². The first-order chi connectivity index (χ1) is 20.9. The standard InChI is InChI=1S/C34H48N4O8/c1-31(2,3)43-27(39)35-23-17-15-21(19-25(23)37-29(41)45-33(7,8)9)13-14-22-16-18-24(36-28(40)44-32(4,5)6)26(20-22)38-30(42)46-34(10,11)12/h13-20H,1-12H3,(H,35,39)(H,36,40)(H,37,41)(H,38,42). The van der Waals surface area contributed by atoms with Gasteiger partial charge in [0.05, 0.1) is 22.7 Å². The quantitative estimate of drug-likeness (QED) is 0.180. The maximum absolute atomic E-state index is 12.6. The van der Waals surface area contributed by atoms with Crippen LogP contribution in [0.5, 0.6) is 0 Å². The fourth-order valence-corrected chi connectivity index (χ4v) is 3.60. The second-order valence-corrected chi connectivity index (χ2v) is 14.5. The monoisotopic (exact) mass is 640 g/mol. The van der Waals surface area contributed by atoms with Crippen molar-refractivity contribution in [1.82, 2.24) is 0 Å². The normalized spacial score (nSPS) is 12.2. The lowest BCUT2D eigenvalue weighted by atomic mass is 10.1. The van der Waals surface area contributed by atoms with Gasteiger partial charge in [-0.3, -0.25) is 21.3 Å². The molecule has 252 valence electrons. The summed E-state index contributed by atoms with van der Waals surface area (Å²) in [6.45, 7) is 20.9. The Morgan fingerprint density at radius 2 is 0.674 bits per heavy atom. The molecule has 0 heterocycles. The minimum atomic E-state index is -0.740. The van der Waals surface area contributed by atoms with E-state index in [0.29, 0.717) is 22.5 Å². The Kier molecular flexibility index (Phi) is 11.9. The zero-order chi connectivity index (χ0) is 35.1. The van der Waals surface area contributed by atoms with Gasteiger partial charge >= 0.3 is 24.4 Å². The van der Waals surface area contributed by atoms with Crippen molar-refractivity contribution >= 4 is 59.3 Å². The van der Waals surface area contributed by atoms with Crippen LogP contribution < -0.4 is 21.3 Å². The Morgan fingerprint density at radius 1 is 0.435 bits per heavy atom. The van der Waals surface area contributed by atoms with E-state index in [2.05, 4.69) is 21.3 Å². The van der Waals surface area contributed by atoms with Crippen molar-refractivity contribution in [2.75, 3.05) is 21.3 Å². The third-order valence-electron chi connectivity index (χ3n) is 5.10. The van der Waals surface area contributed by atoms with Gasteiger partial charge in [0.2, 0.25) is 0 Å². The van der Waals surface area contributed by atoms with Crippen molar-refractivity contribution in [3.63, 3.8) is 0 Å². The molecule has 0 saturated carbocycles. The van der Waals surface area contributed by atoms with E-state index in [-0.39, 0.29) is 11.4 Å². The molecule has 0 radical (unpaired) electrons. The van der Waals surface area contributed by atoms with Crippen molar-refractivity contribution in [3.05, 3.63) is 47.5 Å². The maximum atomic E-state index is 12.6. The summed E-state index contributed by atoms with van der Waals surface area (Å²) in [5.74, 6) is 0. The van der Waals surface area contributed by atoms with E-state index in [0.717, 1.165) is 0 Å². The third-order valence-corrected chi connectivity index (χ3v) is 5.10. The molecule has 0 unspecified atom stereocenters. The summed E-state index contributed by atoms with van der Waals surface area (Å²) in [4.78, 5) is 50.2. The van der Waals surface area contributed by atoms with Crippen LogP contribution in [0.15, 0.2) is 36.4 Å². The first kappa shape index (κ1) is 37.4. The molecule has 0 bridgehead atoms. The highest BCUT2D eigenvalue weighted by Gasteiger charge is 2.22. The number of hydrogen-bond acceptors (Lipinski definition) is 8. The Balaban J connectivity index is 2.43. The van der Waals surface area contributed by atoms with Gasteiger partial charge in [-0.1, -0.05) is 24.3 Å². The Labute approximate surface area is 271 Å². The zero-order valence-electron chi connectivity index (χ0n) is 28.9. The summed E-state index contributed by atoms with van der Waals surface area (Å²) in [6.07, 6.45) is 0.760. The number of amides is 4. The van der Waals surface area contributed by atoms with Crippen molar-refractivity contribution in [3.8, 4) is 0 Å². The molecule has 4 amide bonds. The molecule has 0 spiro atoms. The number of benzene rings is 2. The number of anilines is 4. The molecule has 0 atom stereocenters. The van der Waals surface area contributed by atoms with Gasteiger partial charge < -0.3 is 18.9 Å². The molecule has 0 aromatic heterocycles. The molecular weight excluding hydrogens is 592 g/mol. The molecule has 2 aromatic rings. The van der Waals surface area contributed by atoms with E-state index in [4.69, 9.17) is 18.9 Å². The highest BCUT2D eigenvalue weighted by atomic mass is 16.6. The molecule has 12 heteroatoms. The van der Waals surface area contributed by atoms with Crippen LogP contribution in [0.3, 0.4) is 0 Å². The van der Waals surface area contributed by atoms with Crippen LogP contribution in [0.25, 0.3) is 12.2 Å². The highest BCUT2D eigenvalue weighted by molar-refractivity contribution is 5.97. The second-order valence-electron chi connectivity index (χ2n) is 14.5. The van der Waals surface area contributed by atoms with Crippen molar-refractivity contribution in [2.24, 2.45) is 0 Å². The summed E-state index contributed by atoms with van der Waals surface area (Å²) in [6, 6.07) is 10.0. The average Bonchev–Trinajstić information content (AvgIpc) is 2.80. The van der Waals surface area contributed by atoms with E-state index in [1.54, 1.807) is 132 Å². The van der Waals surface area contributed by atoms with E-state index in [1.165, 1.54) is 0 Å². The summed E-state index contributed by atoms with van der Waals surface area (Å²) in [7, 11) is 0. The predicted molar refractivity (Wildman–Crippen MR) is 181 cm³/mol. The van der Waals surface area contributed by atoms with E-state index in [9.17, 15) is 19.2 Å². The van der Waals surface area contributed by atoms with Crippen LogP contribution in [0.2, 0.25) is 0 Å². The van der Waals surface area contributed by atoms with Crippen molar-refractivity contribution in [1.29, 1.82) is 0 Å². The molecule has 46 heavy (non-hydrogen) atoms. The van der Waals surface area contributed by atoms with E-state index >= 15 is 0 Å². The topological polar surface area (TPSA) is 153 Å². The minimum absolute atomic E-state index is 0.284.